The molecule has 0 fully saturated rings. The van der Waals surface area contributed by atoms with E-state index in [-0.39, 0.29) is 24.1 Å². The van der Waals surface area contributed by atoms with E-state index in [9.17, 15) is 13.5 Å². The molecule has 38 heavy (non-hydrogen) atoms. The average molecular weight is 556 g/mol. The van der Waals surface area contributed by atoms with Crippen LogP contribution in [0, 0.1) is 11.8 Å². The van der Waals surface area contributed by atoms with E-state index in [2.05, 4.69) is 33.3 Å². The molecule has 0 amide bonds. The summed E-state index contributed by atoms with van der Waals surface area (Å²) in [6, 6.07) is 5.40. The Morgan fingerprint density at radius 1 is 1.05 bits per heavy atom. The maximum Gasteiger partial charge on any atom is 0.367 e. The van der Waals surface area contributed by atoms with E-state index < -0.39 is 22.4 Å². The summed E-state index contributed by atoms with van der Waals surface area (Å²) in [4.78, 5) is 0. The van der Waals surface area contributed by atoms with Crippen molar-refractivity contribution in [2.45, 2.75) is 65.0 Å². The van der Waals surface area contributed by atoms with Gasteiger partial charge in [-0.1, -0.05) is 33.3 Å². The van der Waals surface area contributed by atoms with Crippen molar-refractivity contribution in [3.63, 3.8) is 0 Å². The number of amidine groups is 2. The third kappa shape index (κ3) is 10.4. The van der Waals surface area contributed by atoms with Crippen molar-refractivity contribution in [1.82, 2.24) is 10.6 Å². The predicted octanol–water partition coefficient (Wildman–Crippen LogP) is 2.04. The van der Waals surface area contributed by atoms with Gasteiger partial charge in [-0.25, -0.2) is 0 Å². The number of hydrogen-bond donors (Lipinski definition) is 4. The monoisotopic (exact) mass is 555 g/mol. The Labute approximate surface area is 227 Å². The molecule has 0 saturated carbocycles. The number of hydrogen-bond acceptors (Lipinski definition) is 9. The fraction of sp³-hybridized carbons (Fsp3) is 0.692. The maximum absolute atomic E-state index is 11.8. The highest BCUT2D eigenvalue weighted by atomic mass is 32.2. The molecule has 2 rings (SSSR count). The first-order valence-corrected chi connectivity index (χ1v) is 14.6. The van der Waals surface area contributed by atoms with Crippen molar-refractivity contribution < 1.29 is 27.7 Å². The van der Waals surface area contributed by atoms with Crippen molar-refractivity contribution in [1.29, 1.82) is 0 Å². The minimum Gasteiger partial charge on any atom is -0.493 e. The Bertz CT molecular complexity index is 1030. The van der Waals surface area contributed by atoms with Gasteiger partial charge in [0.1, 0.15) is 0 Å². The highest BCUT2D eigenvalue weighted by molar-refractivity contribution is 7.89. The van der Waals surface area contributed by atoms with Gasteiger partial charge in [0.25, 0.3) is 0 Å². The van der Waals surface area contributed by atoms with Gasteiger partial charge in [0.15, 0.2) is 23.2 Å². The number of unbranched alkanes of at least 4 members (excludes halogenated alkanes) is 1. The molecule has 12 heteroatoms. The maximum atomic E-state index is 11.8. The van der Waals surface area contributed by atoms with Crippen molar-refractivity contribution in [3.8, 4) is 11.5 Å². The molecule has 0 radical (unpaired) electrons. The fourth-order valence-corrected chi connectivity index (χ4v) is 4.86. The van der Waals surface area contributed by atoms with E-state index in [1.165, 1.54) is 0 Å². The fourth-order valence-electron chi connectivity index (χ4n) is 4.05. The zero-order chi connectivity index (χ0) is 28.1. The number of benzene rings is 1. The van der Waals surface area contributed by atoms with Crippen LogP contribution in [0.1, 0.15) is 52.0 Å². The average Bonchev–Trinajstić information content (AvgIpc) is 3.17. The Morgan fingerprint density at radius 2 is 1.76 bits per heavy atom. The molecule has 216 valence electrons. The normalized spacial score (nSPS) is 16.9. The Kier molecular flexibility index (Phi) is 13.3. The summed E-state index contributed by atoms with van der Waals surface area (Å²) in [6.45, 7) is 8.09. The van der Waals surface area contributed by atoms with Gasteiger partial charge in [-0.15, -0.1) is 8.80 Å². The summed E-state index contributed by atoms with van der Waals surface area (Å²) < 4.78 is 47.4. The summed E-state index contributed by atoms with van der Waals surface area (Å²) in [5.74, 6) is 2.15. The molecule has 1 heterocycles. The summed E-state index contributed by atoms with van der Waals surface area (Å²) in [5.41, 5.74) is 7.49. The van der Waals surface area contributed by atoms with E-state index in [4.69, 9.17) is 19.9 Å². The summed E-state index contributed by atoms with van der Waals surface area (Å²) in [6.07, 6.45) is 3.03. The van der Waals surface area contributed by atoms with Crippen molar-refractivity contribution >= 4 is 21.9 Å². The van der Waals surface area contributed by atoms with Crippen LogP contribution in [0.4, 0.5) is 0 Å². The minimum absolute atomic E-state index is 0.0524. The summed E-state index contributed by atoms with van der Waals surface area (Å²) >= 11 is 0. The van der Waals surface area contributed by atoms with Gasteiger partial charge < -0.3 is 35.7 Å². The molecule has 0 bridgehead atoms. The number of nitrogens with one attached hydrogen (secondary N) is 2. The van der Waals surface area contributed by atoms with Crippen LogP contribution in [-0.4, -0.2) is 77.9 Å². The molecular formula is C26H45N5O6S. The lowest BCUT2D eigenvalue weighted by molar-refractivity contribution is 0.129. The molecule has 0 aromatic heterocycles. The number of rotatable bonds is 17. The van der Waals surface area contributed by atoms with Gasteiger partial charge in [-0.2, -0.15) is 8.42 Å². The number of aliphatic hydroxyl groups excluding tert-OH is 1. The van der Waals surface area contributed by atoms with E-state index >= 15 is 0 Å². The quantitative estimate of drug-likeness (QED) is 0.211. The number of nitrogens with zero attached hydrogens (tertiary/aromatic N) is 2. The Balaban J connectivity index is 1.98. The van der Waals surface area contributed by atoms with Crippen LogP contribution in [-0.2, 0) is 21.4 Å². The van der Waals surface area contributed by atoms with E-state index in [0.29, 0.717) is 43.6 Å². The highest BCUT2D eigenvalue weighted by Crippen LogP contribution is 2.31. The first kappa shape index (κ1) is 31.8. The Morgan fingerprint density at radius 3 is 2.39 bits per heavy atom. The lowest BCUT2D eigenvalue weighted by Gasteiger charge is -2.27. The van der Waals surface area contributed by atoms with Crippen LogP contribution in [0.25, 0.3) is 0 Å². The van der Waals surface area contributed by atoms with Crippen LogP contribution in [0.5, 0.6) is 11.5 Å². The topological polar surface area (TPSA) is 157 Å². The molecule has 5 N–H and O–H groups in total. The first-order valence-electron chi connectivity index (χ1n) is 13.2. The number of aliphatic hydroxyl groups is 1. The highest BCUT2D eigenvalue weighted by Gasteiger charge is 2.27. The minimum atomic E-state index is -3.92. The predicted molar refractivity (Wildman–Crippen MR) is 150 cm³/mol. The van der Waals surface area contributed by atoms with Gasteiger partial charge >= 0.3 is 10.2 Å². The molecule has 1 aromatic carbocycles. The van der Waals surface area contributed by atoms with Crippen LogP contribution in [0.3, 0.4) is 0 Å². The van der Waals surface area contributed by atoms with E-state index in [1.54, 1.807) is 14.2 Å². The third-order valence-electron chi connectivity index (χ3n) is 6.43. The second kappa shape index (κ2) is 15.9. The van der Waals surface area contributed by atoms with Crippen LogP contribution in [0.2, 0.25) is 0 Å². The van der Waals surface area contributed by atoms with Crippen molar-refractivity contribution in [3.05, 3.63) is 23.8 Å². The molecule has 1 aliphatic heterocycles. The molecule has 11 nitrogen and oxygen atoms in total. The molecular weight excluding hydrogens is 510 g/mol. The molecule has 0 unspecified atom stereocenters. The zero-order valence-electron chi connectivity index (χ0n) is 23.3. The summed E-state index contributed by atoms with van der Waals surface area (Å²) in [5, 5.41) is 16.6. The molecule has 0 aliphatic carbocycles. The lowest BCUT2D eigenvalue weighted by atomic mass is 9.83. The number of ether oxygens (including phenoxy) is 3. The second-order valence-electron chi connectivity index (χ2n) is 9.84. The zero-order valence-corrected chi connectivity index (χ0v) is 24.1. The first-order chi connectivity index (χ1) is 18.1. The van der Waals surface area contributed by atoms with E-state index in [1.807, 2.05) is 25.1 Å². The Hall–Kier alpha value is -2.41. The van der Waals surface area contributed by atoms with Gasteiger partial charge in [0.2, 0.25) is 0 Å². The molecule has 0 spiro atoms. The van der Waals surface area contributed by atoms with Crippen molar-refractivity contribution in [2.75, 3.05) is 40.5 Å². The lowest BCUT2D eigenvalue weighted by Crippen LogP contribution is -2.47. The van der Waals surface area contributed by atoms with Gasteiger partial charge in [0, 0.05) is 39.3 Å². The van der Waals surface area contributed by atoms with Crippen molar-refractivity contribution in [2.24, 2.45) is 26.4 Å². The second-order valence-corrected chi connectivity index (χ2v) is 11.1. The summed E-state index contributed by atoms with van der Waals surface area (Å²) in [7, 11) is -0.641. The van der Waals surface area contributed by atoms with Gasteiger partial charge in [0.05, 0.1) is 19.8 Å². The third-order valence-corrected chi connectivity index (χ3v) is 7.25. The number of methoxy groups -OCH3 is 2. The standard InChI is InChI=1S/C26H45N5O6S/c1-6-7-11-28-25-26(31-38(33,34)30-25)29-17-22(32)21(27)16-20(18(2)3)14-19-9-10-23(36-5)24(15-19)37-13-8-12-35-4/h9-10,15,18,20-22,32H,6-8,11-14,16-17,27H2,1-5H3,(H,28,30)(H,29,31)/t20-,21-,22-/m0/s1. The van der Waals surface area contributed by atoms with Gasteiger partial charge in [-0.05, 0) is 48.8 Å². The van der Waals surface area contributed by atoms with Crippen LogP contribution >= 0.6 is 0 Å². The molecule has 1 aromatic rings. The van der Waals surface area contributed by atoms with Gasteiger partial charge in [-0.3, -0.25) is 0 Å². The molecule has 3 atom stereocenters. The molecule has 0 saturated heterocycles. The van der Waals surface area contributed by atoms with E-state index in [0.717, 1.165) is 31.2 Å². The number of nitrogens with two attached hydrogens (primary N) is 1. The van der Waals surface area contributed by atoms with Crippen LogP contribution < -0.4 is 25.8 Å². The van der Waals surface area contributed by atoms with Crippen LogP contribution in [0.15, 0.2) is 27.0 Å². The molecule has 1 aliphatic rings. The largest absolute Gasteiger partial charge is 0.493 e. The SMILES string of the molecule is CCCCNC1=NS(=O)(=O)N=C1NC[C@H](O)[C@@H](N)C[C@H](Cc1ccc(OC)c(OCCCOC)c1)C(C)C. The smallest absolute Gasteiger partial charge is 0.367 e.